The molecule has 0 atom stereocenters. The van der Waals surface area contributed by atoms with E-state index in [1.165, 1.54) is 12.1 Å². The van der Waals surface area contributed by atoms with E-state index in [0.717, 1.165) is 5.56 Å². The van der Waals surface area contributed by atoms with Gasteiger partial charge in [0.25, 0.3) is 0 Å². The van der Waals surface area contributed by atoms with Crippen LogP contribution in [0.25, 0.3) is 0 Å². The van der Waals surface area contributed by atoms with Crippen LogP contribution in [0.1, 0.15) is 26.3 Å². The molecule has 2 rings (SSSR count). The Morgan fingerprint density at radius 3 is 2.18 bits per heavy atom. The van der Waals surface area contributed by atoms with Gasteiger partial charge in [-0.2, -0.15) is 0 Å². The minimum absolute atomic E-state index is 0.117. The van der Waals surface area contributed by atoms with E-state index >= 15 is 0 Å². The molecule has 0 radical (unpaired) electrons. The van der Waals surface area contributed by atoms with Crippen molar-refractivity contribution in [3.05, 3.63) is 47.8 Å². The van der Waals surface area contributed by atoms with E-state index in [1.807, 2.05) is 20.8 Å². The molecule has 0 spiro atoms. The van der Waals surface area contributed by atoms with Gasteiger partial charge >= 0.3 is 0 Å². The molecule has 1 aromatic heterocycles. The van der Waals surface area contributed by atoms with Crippen LogP contribution < -0.4 is 10.6 Å². The van der Waals surface area contributed by atoms with Crippen LogP contribution in [0.15, 0.2) is 36.4 Å². The number of hydrogen-bond donors (Lipinski definition) is 2. The highest BCUT2D eigenvalue weighted by Gasteiger charge is 2.21. The molecule has 5 nitrogen and oxygen atoms in total. The number of aromatic nitrogens is 2. The fraction of sp³-hybridized carbons (Fsp3) is 0.312. The number of benzene rings is 1. The van der Waals surface area contributed by atoms with Crippen LogP contribution in [0.3, 0.4) is 0 Å². The standard InChI is InChI=1S/C16H19FN4O/c1-16(2,3)15(22)19-14-9-8-13(20-21-14)18-10-11-4-6-12(17)7-5-11/h4-9H,10H2,1-3H3,(H,18,20)(H,19,21,22). The third kappa shape index (κ3) is 4.51. The minimum Gasteiger partial charge on any atom is -0.365 e. The molecule has 0 saturated heterocycles. The lowest BCUT2D eigenvalue weighted by molar-refractivity contribution is -0.123. The largest absolute Gasteiger partial charge is 0.365 e. The van der Waals surface area contributed by atoms with Crippen molar-refractivity contribution in [2.75, 3.05) is 10.6 Å². The summed E-state index contributed by atoms with van der Waals surface area (Å²) in [7, 11) is 0. The van der Waals surface area contributed by atoms with Crippen molar-refractivity contribution in [1.82, 2.24) is 10.2 Å². The second kappa shape index (κ2) is 6.51. The average molecular weight is 302 g/mol. The predicted molar refractivity (Wildman–Crippen MR) is 83.8 cm³/mol. The van der Waals surface area contributed by atoms with Gasteiger partial charge in [0.15, 0.2) is 5.82 Å². The van der Waals surface area contributed by atoms with E-state index in [0.29, 0.717) is 18.2 Å². The van der Waals surface area contributed by atoms with Crippen LogP contribution in [0.4, 0.5) is 16.0 Å². The van der Waals surface area contributed by atoms with Gasteiger partial charge in [0.1, 0.15) is 11.6 Å². The highest BCUT2D eigenvalue weighted by atomic mass is 19.1. The fourth-order valence-corrected chi connectivity index (χ4v) is 1.59. The summed E-state index contributed by atoms with van der Waals surface area (Å²) in [5, 5.41) is 13.7. The van der Waals surface area contributed by atoms with Crippen molar-refractivity contribution in [2.24, 2.45) is 5.41 Å². The predicted octanol–water partition coefficient (Wildman–Crippen LogP) is 3.21. The zero-order valence-electron chi connectivity index (χ0n) is 12.9. The molecule has 22 heavy (non-hydrogen) atoms. The van der Waals surface area contributed by atoms with E-state index < -0.39 is 5.41 Å². The summed E-state index contributed by atoms with van der Waals surface area (Å²) in [5.41, 5.74) is 0.453. The lowest BCUT2D eigenvalue weighted by atomic mass is 9.96. The molecular formula is C16H19FN4O. The summed E-state index contributed by atoms with van der Waals surface area (Å²) in [6, 6.07) is 9.64. The number of amides is 1. The van der Waals surface area contributed by atoms with Gasteiger partial charge in [-0.25, -0.2) is 4.39 Å². The molecule has 2 N–H and O–H groups in total. The first-order valence-electron chi connectivity index (χ1n) is 6.98. The summed E-state index contributed by atoms with van der Waals surface area (Å²) in [5.74, 6) is 0.613. The molecule has 2 aromatic rings. The zero-order valence-corrected chi connectivity index (χ0v) is 12.9. The Labute approximate surface area is 129 Å². The van der Waals surface area contributed by atoms with E-state index in [9.17, 15) is 9.18 Å². The fourth-order valence-electron chi connectivity index (χ4n) is 1.59. The van der Waals surface area contributed by atoms with Gasteiger partial charge < -0.3 is 10.6 Å². The molecule has 0 aliphatic carbocycles. The summed E-state index contributed by atoms with van der Waals surface area (Å²) in [6.45, 7) is 6.00. The van der Waals surface area contributed by atoms with Crippen molar-refractivity contribution in [2.45, 2.75) is 27.3 Å². The number of nitrogens with one attached hydrogen (secondary N) is 2. The van der Waals surface area contributed by atoms with Crippen LogP contribution >= 0.6 is 0 Å². The van der Waals surface area contributed by atoms with Crippen LogP contribution in [0, 0.1) is 11.2 Å². The molecule has 0 saturated carbocycles. The normalized spacial score (nSPS) is 11.1. The number of rotatable bonds is 4. The minimum atomic E-state index is -0.485. The molecule has 0 unspecified atom stereocenters. The van der Waals surface area contributed by atoms with Gasteiger partial charge in [-0.15, -0.1) is 10.2 Å². The van der Waals surface area contributed by atoms with Gasteiger partial charge in [-0.05, 0) is 29.8 Å². The molecule has 0 aliphatic heterocycles. The van der Waals surface area contributed by atoms with Gasteiger partial charge in [0.2, 0.25) is 5.91 Å². The van der Waals surface area contributed by atoms with Crippen LogP contribution in [0.2, 0.25) is 0 Å². The second-order valence-electron chi connectivity index (χ2n) is 5.99. The molecule has 0 fully saturated rings. The molecule has 1 heterocycles. The van der Waals surface area contributed by atoms with Crippen LogP contribution in [-0.4, -0.2) is 16.1 Å². The first-order chi connectivity index (χ1) is 10.3. The lowest BCUT2D eigenvalue weighted by Crippen LogP contribution is -2.28. The first kappa shape index (κ1) is 15.9. The van der Waals surface area contributed by atoms with Crippen molar-refractivity contribution in [1.29, 1.82) is 0 Å². The summed E-state index contributed by atoms with van der Waals surface area (Å²) in [6.07, 6.45) is 0. The molecule has 1 amide bonds. The third-order valence-electron chi connectivity index (χ3n) is 2.97. The van der Waals surface area contributed by atoms with Gasteiger partial charge in [0, 0.05) is 12.0 Å². The van der Waals surface area contributed by atoms with E-state index in [-0.39, 0.29) is 11.7 Å². The SMILES string of the molecule is CC(C)(C)C(=O)Nc1ccc(NCc2ccc(F)cc2)nn1. The Bertz CT molecular complexity index is 633. The first-order valence-corrected chi connectivity index (χ1v) is 6.98. The monoisotopic (exact) mass is 302 g/mol. The van der Waals surface area contributed by atoms with Gasteiger partial charge in [-0.1, -0.05) is 32.9 Å². The van der Waals surface area contributed by atoms with Crippen LogP contribution in [-0.2, 0) is 11.3 Å². The Kier molecular flexibility index (Phi) is 4.70. The number of hydrogen-bond acceptors (Lipinski definition) is 4. The van der Waals surface area contributed by atoms with Crippen LogP contribution in [0.5, 0.6) is 0 Å². The average Bonchev–Trinajstić information content (AvgIpc) is 2.47. The molecule has 6 heteroatoms. The molecule has 1 aromatic carbocycles. The molecular weight excluding hydrogens is 283 g/mol. The molecule has 0 aliphatic rings. The van der Waals surface area contributed by atoms with E-state index in [2.05, 4.69) is 20.8 Å². The quantitative estimate of drug-likeness (QED) is 0.910. The van der Waals surface area contributed by atoms with Gasteiger partial charge in [0.05, 0.1) is 0 Å². The highest BCUT2D eigenvalue weighted by Crippen LogP contribution is 2.16. The summed E-state index contributed by atoms with van der Waals surface area (Å²) < 4.78 is 12.8. The van der Waals surface area contributed by atoms with Crippen molar-refractivity contribution >= 4 is 17.5 Å². The maximum absolute atomic E-state index is 12.8. The highest BCUT2D eigenvalue weighted by molar-refractivity contribution is 5.93. The Morgan fingerprint density at radius 2 is 1.64 bits per heavy atom. The van der Waals surface area contributed by atoms with Gasteiger partial charge in [-0.3, -0.25) is 4.79 Å². The van der Waals surface area contributed by atoms with Crippen molar-refractivity contribution < 1.29 is 9.18 Å². The topological polar surface area (TPSA) is 66.9 Å². The van der Waals surface area contributed by atoms with Crippen molar-refractivity contribution in [3.8, 4) is 0 Å². The Morgan fingerprint density at radius 1 is 1.05 bits per heavy atom. The Balaban J connectivity index is 1.92. The third-order valence-corrected chi connectivity index (χ3v) is 2.97. The number of nitrogens with zero attached hydrogens (tertiary/aromatic N) is 2. The molecule has 0 bridgehead atoms. The second-order valence-corrected chi connectivity index (χ2v) is 5.99. The smallest absolute Gasteiger partial charge is 0.230 e. The summed E-state index contributed by atoms with van der Waals surface area (Å²) >= 11 is 0. The summed E-state index contributed by atoms with van der Waals surface area (Å²) in [4.78, 5) is 11.8. The van der Waals surface area contributed by atoms with Crippen molar-refractivity contribution in [3.63, 3.8) is 0 Å². The maximum atomic E-state index is 12.8. The van der Waals surface area contributed by atoms with E-state index in [1.54, 1.807) is 24.3 Å². The maximum Gasteiger partial charge on any atom is 0.230 e. The Hall–Kier alpha value is -2.50. The number of carbonyl (C=O) groups is 1. The van der Waals surface area contributed by atoms with E-state index in [4.69, 9.17) is 0 Å². The number of carbonyl (C=O) groups excluding carboxylic acids is 1. The number of halogens is 1. The zero-order chi connectivity index (χ0) is 16.2. The molecule has 116 valence electrons. The number of anilines is 2. The lowest BCUT2D eigenvalue weighted by Gasteiger charge is -2.16.